The van der Waals surface area contributed by atoms with Crippen molar-refractivity contribution in [3.05, 3.63) is 0 Å². The fourth-order valence-corrected chi connectivity index (χ4v) is 0. The summed E-state index contributed by atoms with van der Waals surface area (Å²) in [5.74, 6) is 0. The lowest BCUT2D eigenvalue weighted by Crippen LogP contribution is -1.52. The van der Waals surface area contributed by atoms with Crippen molar-refractivity contribution in [1.82, 2.24) is 0 Å². The summed E-state index contributed by atoms with van der Waals surface area (Å²) in [7, 11) is 0. The van der Waals surface area contributed by atoms with Gasteiger partial charge in [-0.3, -0.25) is 0 Å². The Kier molecular flexibility index (Phi) is 3.57. The highest BCUT2D eigenvalue weighted by Gasteiger charge is 1.80. The lowest BCUT2D eigenvalue weighted by Gasteiger charge is -1.26. The Balaban J connectivity index is 2.30. The molecule has 0 saturated carbocycles. The number of hydrogen-bond acceptors (Lipinski definition) is 1. The molecule has 0 aromatic heterocycles. The lowest BCUT2D eigenvalue weighted by molar-refractivity contribution is 0.607. The van der Waals surface area contributed by atoms with Gasteiger partial charge >= 0.3 is 16.9 Å². The van der Waals surface area contributed by atoms with E-state index in [0.717, 1.165) is 0 Å². The summed E-state index contributed by atoms with van der Waals surface area (Å²) in [6.45, 7) is 0. The molecule has 0 amide bonds. The SMILES string of the molecule is O=[S+]CCl. The summed E-state index contributed by atoms with van der Waals surface area (Å²) in [4.78, 5) is 0. The van der Waals surface area contributed by atoms with E-state index in [1.54, 1.807) is 0 Å². The van der Waals surface area contributed by atoms with Crippen LogP contribution in [0, 0.1) is 0 Å². The Morgan fingerprint density at radius 2 is 2.25 bits per heavy atom. The van der Waals surface area contributed by atoms with Gasteiger partial charge in [-0.25, -0.2) is 0 Å². The first-order valence-electron chi connectivity index (χ1n) is 0.723. The van der Waals surface area contributed by atoms with Crippen LogP contribution in [0.1, 0.15) is 0 Å². The van der Waals surface area contributed by atoms with Crippen LogP contribution < -0.4 is 0 Å². The topological polar surface area (TPSA) is 17.1 Å². The van der Waals surface area contributed by atoms with Gasteiger partial charge < -0.3 is 0 Å². The third kappa shape index (κ3) is 2.31. The van der Waals surface area contributed by atoms with Crippen molar-refractivity contribution in [3.63, 3.8) is 0 Å². The van der Waals surface area contributed by atoms with Crippen LogP contribution in [0.2, 0.25) is 0 Å². The quantitative estimate of drug-likeness (QED) is 0.346. The third-order valence-corrected chi connectivity index (χ3v) is 0.401. The van der Waals surface area contributed by atoms with Gasteiger partial charge in [0.25, 0.3) is 0 Å². The molecule has 0 aliphatic carbocycles. The van der Waals surface area contributed by atoms with Crippen molar-refractivity contribution in [3.8, 4) is 0 Å². The summed E-state index contributed by atoms with van der Waals surface area (Å²) in [5, 5.41) is 0.153. The van der Waals surface area contributed by atoms with Crippen LogP contribution in [0.3, 0.4) is 0 Å². The molecule has 0 unspecified atom stereocenters. The highest BCUT2D eigenvalue weighted by molar-refractivity contribution is 7.67. The lowest BCUT2D eigenvalue weighted by atomic mass is 11.9. The molecule has 0 aromatic rings. The van der Waals surface area contributed by atoms with Gasteiger partial charge in [0.15, 0.2) is 0 Å². The average molecular weight is 97.5 g/mol. The molecule has 0 bridgehead atoms. The van der Waals surface area contributed by atoms with Gasteiger partial charge in [-0.2, -0.15) is 0 Å². The van der Waals surface area contributed by atoms with E-state index in [9.17, 15) is 0 Å². The molecule has 0 aliphatic rings. The summed E-state index contributed by atoms with van der Waals surface area (Å²) in [5.41, 5.74) is 0. The second kappa shape index (κ2) is 3.31. The number of hydrogen-bond donors (Lipinski definition) is 0. The van der Waals surface area contributed by atoms with Crippen molar-refractivity contribution >= 4 is 23.3 Å². The maximum Gasteiger partial charge on any atom is 0.476 e. The molecule has 0 N–H and O–H groups in total. The first kappa shape index (κ1) is 4.31. The van der Waals surface area contributed by atoms with Gasteiger partial charge in [0, 0.05) is 4.21 Å². The van der Waals surface area contributed by atoms with Crippen LogP contribution >= 0.6 is 11.6 Å². The van der Waals surface area contributed by atoms with Gasteiger partial charge in [0.2, 0.25) is 0 Å². The van der Waals surface area contributed by atoms with Crippen molar-refractivity contribution in [2.45, 2.75) is 0 Å². The standard InChI is InChI=1S/CH2ClOS/c2-1-4-3/h1H2/q+1. The van der Waals surface area contributed by atoms with Crippen LogP contribution in [0.5, 0.6) is 0 Å². The molecule has 0 fully saturated rings. The zero-order valence-electron chi connectivity index (χ0n) is 1.90. The normalized spacial score (nSPS) is 6.25. The Hall–Kier alpha value is 0.310. The smallest absolute Gasteiger partial charge is 0.0529 e. The molecule has 0 heterocycles. The van der Waals surface area contributed by atoms with Gasteiger partial charge in [-0.1, -0.05) is 11.6 Å². The minimum absolute atomic E-state index is 0.153. The molecule has 1 nitrogen and oxygen atoms in total. The van der Waals surface area contributed by atoms with Crippen molar-refractivity contribution in [1.29, 1.82) is 0 Å². The van der Waals surface area contributed by atoms with Crippen LogP contribution in [0.15, 0.2) is 0 Å². The molecule has 0 saturated heterocycles. The van der Waals surface area contributed by atoms with Crippen molar-refractivity contribution < 1.29 is 4.21 Å². The van der Waals surface area contributed by atoms with E-state index in [4.69, 9.17) is 15.8 Å². The fraction of sp³-hybridized carbons (Fsp3) is 1.00. The highest BCUT2D eigenvalue weighted by atomic mass is 35.5. The first-order valence-corrected chi connectivity index (χ1v) is 2.17. The summed E-state index contributed by atoms with van der Waals surface area (Å²) in [6.07, 6.45) is 0. The van der Waals surface area contributed by atoms with Crippen LogP contribution in [-0.4, -0.2) is 5.21 Å². The summed E-state index contributed by atoms with van der Waals surface area (Å²) in [6, 6.07) is 0. The molecule has 24 valence electrons. The third-order valence-electron chi connectivity index (χ3n) is 0.0445. The van der Waals surface area contributed by atoms with E-state index in [1.165, 1.54) is 0 Å². The van der Waals surface area contributed by atoms with E-state index in [2.05, 4.69) is 0 Å². The van der Waals surface area contributed by atoms with E-state index in [1.807, 2.05) is 0 Å². The molecular formula is CH2ClOS+. The largest absolute Gasteiger partial charge is 0.476 e. The van der Waals surface area contributed by atoms with Gasteiger partial charge in [-0.15, -0.1) is 0 Å². The van der Waals surface area contributed by atoms with E-state index in [0.29, 0.717) is 11.7 Å². The summed E-state index contributed by atoms with van der Waals surface area (Å²) >= 11 is 5.21. The molecule has 0 spiro atoms. The number of rotatable bonds is 1. The molecular weight excluding hydrogens is 95.5 g/mol. The molecule has 0 aliphatic heterocycles. The zero-order valence-corrected chi connectivity index (χ0v) is 3.47. The van der Waals surface area contributed by atoms with Gasteiger partial charge in [0.1, 0.15) is 0 Å². The second-order valence-corrected chi connectivity index (χ2v) is 1.34. The van der Waals surface area contributed by atoms with E-state index < -0.39 is 0 Å². The Morgan fingerprint density at radius 3 is 2.25 bits per heavy atom. The zero-order chi connectivity index (χ0) is 3.41. The first-order chi connectivity index (χ1) is 1.91. The molecule has 0 atom stereocenters. The fourth-order valence-electron chi connectivity index (χ4n) is 0. The van der Waals surface area contributed by atoms with Crippen molar-refractivity contribution in [2.24, 2.45) is 0 Å². The maximum atomic E-state index is 9.08. The predicted molar refractivity (Wildman–Crippen MR) is 18.8 cm³/mol. The molecule has 0 radical (unpaired) electrons. The Bertz CT molecular complexity index is 22.0. The number of halogens is 1. The van der Waals surface area contributed by atoms with Gasteiger partial charge in [0.05, 0.1) is 0 Å². The molecule has 0 rings (SSSR count). The van der Waals surface area contributed by atoms with E-state index >= 15 is 0 Å². The summed E-state index contributed by atoms with van der Waals surface area (Å²) < 4.78 is 9.08. The Labute approximate surface area is 33.4 Å². The Morgan fingerprint density at radius 1 is 2.00 bits per heavy atom. The van der Waals surface area contributed by atoms with Crippen LogP contribution in [0.4, 0.5) is 0 Å². The molecule has 4 heavy (non-hydrogen) atoms. The maximum absolute atomic E-state index is 9.08. The van der Waals surface area contributed by atoms with Crippen LogP contribution in [-0.2, 0) is 15.9 Å². The average Bonchev–Trinajstić information content (AvgIpc) is 1.37. The molecule has 0 aromatic carbocycles. The highest BCUT2D eigenvalue weighted by Crippen LogP contribution is 1.62. The molecule has 3 heteroatoms. The van der Waals surface area contributed by atoms with Crippen LogP contribution in [0.25, 0.3) is 0 Å². The minimum Gasteiger partial charge on any atom is -0.0529 e. The second-order valence-electron chi connectivity index (χ2n) is 0.227. The monoisotopic (exact) mass is 97.0 g/mol. The van der Waals surface area contributed by atoms with Gasteiger partial charge in [-0.05, 0) is 0 Å². The van der Waals surface area contributed by atoms with Crippen molar-refractivity contribution in [2.75, 3.05) is 5.21 Å². The number of alkyl halides is 1. The van der Waals surface area contributed by atoms with E-state index in [-0.39, 0.29) is 5.21 Å². The predicted octanol–water partition coefficient (Wildman–Crippen LogP) is 0.611. The minimum atomic E-state index is 0.153.